The van der Waals surface area contributed by atoms with Crippen molar-refractivity contribution in [3.8, 4) is 0 Å². The molecule has 4 rings (SSSR count). The molecule has 6 nitrogen and oxygen atoms in total. The van der Waals surface area contributed by atoms with Crippen molar-refractivity contribution in [2.75, 3.05) is 13.9 Å². The van der Waals surface area contributed by atoms with Gasteiger partial charge < -0.3 is 18.9 Å². The maximum absolute atomic E-state index is 13.3. The number of hydrogen-bond acceptors (Lipinski definition) is 6. The third kappa shape index (κ3) is 4.27. The van der Waals surface area contributed by atoms with Gasteiger partial charge in [-0.2, -0.15) is 0 Å². The van der Waals surface area contributed by atoms with Crippen LogP contribution in [0.15, 0.2) is 11.3 Å². The van der Waals surface area contributed by atoms with Crippen LogP contribution in [0.5, 0.6) is 0 Å². The fourth-order valence-corrected chi connectivity index (χ4v) is 7.35. The number of esters is 2. The van der Waals surface area contributed by atoms with Crippen LogP contribution in [-0.4, -0.2) is 37.5 Å². The van der Waals surface area contributed by atoms with E-state index in [2.05, 4.69) is 13.8 Å². The van der Waals surface area contributed by atoms with Gasteiger partial charge in [-0.15, -0.1) is 0 Å². The minimum absolute atomic E-state index is 0.0455. The number of ether oxygens (including phenoxy) is 4. The lowest BCUT2D eigenvalue weighted by Gasteiger charge is -2.54. The SMILES string of the molecule is COCO[C@H]1CC[C@@]2(C)[C@H](C1)C(=O)OC1=C3CC[C@H]([C@H](C)C(=O)OC(C)(C)C)[C@@]3(C)CC[C@@H]12. The molecule has 1 saturated heterocycles. The van der Waals surface area contributed by atoms with Crippen molar-refractivity contribution in [3.05, 3.63) is 11.3 Å². The van der Waals surface area contributed by atoms with Crippen LogP contribution >= 0.6 is 0 Å². The largest absolute Gasteiger partial charge is 0.460 e. The molecule has 0 spiro atoms. The highest BCUT2D eigenvalue weighted by Gasteiger charge is 2.60. The van der Waals surface area contributed by atoms with Crippen molar-refractivity contribution in [2.24, 2.45) is 34.5 Å². The third-order valence-corrected chi connectivity index (χ3v) is 9.17. The maximum Gasteiger partial charge on any atom is 0.314 e. The van der Waals surface area contributed by atoms with Crippen molar-refractivity contribution in [1.82, 2.24) is 0 Å². The van der Waals surface area contributed by atoms with Crippen molar-refractivity contribution >= 4 is 11.9 Å². The number of rotatable bonds is 5. The van der Waals surface area contributed by atoms with Gasteiger partial charge in [0.15, 0.2) is 0 Å². The predicted molar refractivity (Wildman–Crippen MR) is 124 cm³/mol. The summed E-state index contributed by atoms with van der Waals surface area (Å²) in [6.07, 6.45) is 6.50. The fourth-order valence-electron chi connectivity index (χ4n) is 7.35. The van der Waals surface area contributed by atoms with Gasteiger partial charge in [0.1, 0.15) is 18.2 Å². The molecule has 0 bridgehead atoms. The Balaban J connectivity index is 1.58. The zero-order chi connectivity index (χ0) is 24.2. The second kappa shape index (κ2) is 8.67. The summed E-state index contributed by atoms with van der Waals surface area (Å²) < 4.78 is 22.8. The summed E-state index contributed by atoms with van der Waals surface area (Å²) in [5.41, 5.74) is 0.577. The van der Waals surface area contributed by atoms with E-state index in [0.29, 0.717) is 6.42 Å². The molecule has 1 heterocycles. The van der Waals surface area contributed by atoms with Crippen LogP contribution in [0.4, 0.5) is 0 Å². The summed E-state index contributed by atoms with van der Waals surface area (Å²) in [6, 6.07) is 0. The minimum Gasteiger partial charge on any atom is -0.460 e. The monoisotopic (exact) mass is 462 g/mol. The van der Waals surface area contributed by atoms with Crippen LogP contribution in [0.3, 0.4) is 0 Å². The first-order valence-corrected chi connectivity index (χ1v) is 12.7. The predicted octanol–water partition coefficient (Wildman–Crippen LogP) is 5.40. The van der Waals surface area contributed by atoms with Gasteiger partial charge in [0.25, 0.3) is 0 Å². The van der Waals surface area contributed by atoms with E-state index in [-0.39, 0.29) is 59.3 Å². The molecule has 186 valence electrons. The van der Waals surface area contributed by atoms with E-state index in [1.807, 2.05) is 27.7 Å². The van der Waals surface area contributed by atoms with Crippen LogP contribution in [0.2, 0.25) is 0 Å². The van der Waals surface area contributed by atoms with Gasteiger partial charge in [-0.05, 0) is 88.0 Å². The van der Waals surface area contributed by atoms with E-state index in [9.17, 15) is 9.59 Å². The first kappa shape index (κ1) is 24.7. The highest BCUT2D eigenvalue weighted by Crippen LogP contribution is 2.64. The average molecular weight is 463 g/mol. The number of methoxy groups -OCH3 is 1. The number of hydrogen-bond donors (Lipinski definition) is 0. The number of allylic oxidation sites excluding steroid dienone is 2. The van der Waals surface area contributed by atoms with Gasteiger partial charge in [-0.1, -0.05) is 20.8 Å². The quantitative estimate of drug-likeness (QED) is 0.403. The van der Waals surface area contributed by atoms with Crippen LogP contribution in [0.1, 0.15) is 86.5 Å². The van der Waals surface area contributed by atoms with Gasteiger partial charge in [0.2, 0.25) is 0 Å². The first-order chi connectivity index (χ1) is 15.4. The molecule has 4 aliphatic rings. The Morgan fingerprint density at radius 3 is 2.55 bits per heavy atom. The molecule has 0 radical (unpaired) electrons. The molecule has 0 aromatic carbocycles. The normalized spacial score (nSPS) is 39.3. The number of carbonyl (C=O) groups is 2. The van der Waals surface area contributed by atoms with Crippen molar-refractivity contribution in [2.45, 2.75) is 98.2 Å². The van der Waals surface area contributed by atoms with E-state index >= 15 is 0 Å². The summed E-state index contributed by atoms with van der Waals surface area (Å²) in [7, 11) is 1.62. The van der Waals surface area contributed by atoms with Crippen LogP contribution in [0, 0.1) is 34.5 Å². The molecule has 33 heavy (non-hydrogen) atoms. The highest BCUT2D eigenvalue weighted by atomic mass is 16.7. The van der Waals surface area contributed by atoms with Gasteiger partial charge in [-0.3, -0.25) is 9.59 Å². The summed E-state index contributed by atoms with van der Waals surface area (Å²) in [5, 5.41) is 0. The van der Waals surface area contributed by atoms with Gasteiger partial charge in [-0.25, -0.2) is 0 Å². The summed E-state index contributed by atoms with van der Waals surface area (Å²) in [5.74, 6) is 0.867. The second-order valence-electron chi connectivity index (χ2n) is 12.3. The van der Waals surface area contributed by atoms with E-state index in [1.165, 1.54) is 5.57 Å². The van der Waals surface area contributed by atoms with E-state index in [0.717, 1.165) is 44.3 Å². The Bertz CT molecular complexity index is 825. The summed E-state index contributed by atoms with van der Waals surface area (Å²) >= 11 is 0. The lowest BCUT2D eigenvalue weighted by Crippen LogP contribution is -2.53. The average Bonchev–Trinajstić information content (AvgIpc) is 3.08. The van der Waals surface area contributed by atoms with Crippen molar-refractivity contribution in [3.63, 3.8) is 0 Å². The fraction of sp³-hybridized carbons (Fsp3) is 0.852. The Labute approximate surface area is 198 Å². The molecule has 0 aromatic rings. The molecule has 0 unspecified atom stereocenters. The smallest absolute Gasteiger partial charge is 0.314 e. The van der Waals surface area contributed by atoms with E-state index in [1.54, 1.807) is 7.11 Å². The highest BCUT2D eigenvalue weighted by molar-refractivity contribution is 5.77. The lowest BCUT2D eigenvalue weighted by molar-refractivity contribution is -0.177. The molecule has 7 atom stereocenters. The Morgan fingerprint density at radius 1 is 1.15 bits per heavy atom. The van der Waals surface area contributed by atoms with Crippen molar-refractivity contribution < 1.29 is 28.5 Å². The third-order valence-electron chi connectivity index (χ3n) is 9.17. The molecular weight excluding hydrogens is 420 g/mol. The molecule has 1 aliphatic heterocycles. The molecular formula is C27H42O6. The van der Waals surface area contributed by atoms with E-state index < -0.39 is 5.60 Å². The summed E-state index contributed by atoms with van der Waals surface area (Å²) in [4.78, 5) is 26.2. The lowest BCUT2D eigenvalue weighted by atomic mass is 9.53. The molecule has 0 N–H and O–H groups in total. The first-order valence-electron chi connectivity index (χ1n) is 12.7. The molecule has 0 amide bonds. The molecule has 3 fully saturated rings. The second-order valence-corrected chi connectivity index (χ2v) is 12.3. The summed E-state index contributed by atoms with van der Waals surface area (Å²) in [6.45, 7) is 12.6. The van der Waals surface area contributed by atoms with Crippen molar-refractivity contribution in [1.29, 1.82) is 0 Å². The van der Waals surface area contributed by atoms with Crippen LogP contribution in [-0.2, 0) is 28.5 Å². The van der Waals surface area contributed by atoms with E-state index in [4.69, 9.17) is 18.9 Å². The minimum atomic E-state index is -0.488. The van der Waals surface area contributed by atoms with Gasteiger partial charge in [0, 0.05) is 13.0 Å². The Kier molecular flexibility index (Phi) is 6.50. The zero-order valence-corrected chi connectivity index (χ0v) is 21.5. The number of carbonyl (C=O) groups excluding carboxylic acids is 2. The molecule has 0 aromatic heterocycles. The standard InChI is InChI=1S/C27H42O6/c1-16(23(28)33-25(2,3)4)18-8-9-19-22-20(11-13-26(18,19)5)27(6)12-10-17(31-15-30-7)14-21(27)24(29)32-22/h16-18,20-21H,8-15H2,1-7H3/t16-,17-,18+,20-,21+,26+,27+/m0/s1. The zero-order valence-electron chi connectivity index (χ0n) is 21.5. The van der Waals surface area contributed by atoms with Crippen LogP contribution in [0.25, 0.3) is 0 Å². The van der Waals surface area contributed by atoms with Crippen LogP contribution < -0.4 is 0 Å². The van der Waals surface area contributed by atoms with Gasteiger partial charge in [0.05, 0.1) is 17.9 Å². The molecule has 2 saturated carbocycles. The Morgan fingerprint density at radius 2 is 1.88 bits per heavy atom. The topological polar surface area (TPSA) is 71.1 Å². The molecule has 3 aliphatic carbocycles. The molecule has 6 heteroatoms. The Hall–Kier alpha value is -1.40. The maximum atomic E-state index is 13.3. The number of fused-ring (bicyclic) bond motifs is 4. The van der Waals surface area contributed by atoms with Gasteiger partial charge >= 0.3 is 11.9 Å².